The lowest BCUT2D eigenvalue weighted by molar-refractivity contribution is -0.115. The summed E-state index contributed by atoms with van der Waals surface area (Å²) < 4.78 is 40.7. The highest BCUT2D eigenvalue weighted by atomic mass is 32.2. The molecule has 2 N–H and O–H groups in total. The van der Waals surface area contributed by atoms with Gasteiger partial charge in [0.2, 0.25) is 15.9 Å². The average molecular weight is 434 g/mol. The molecule has 9 heteroatoms. The number of benzene rings is 2. The maximum absolute atomic E-state index is 14.2. The zero-order valence-electron chi connectivity index (χ0n) is 16.9. The molecule has 0 bridgehead atoms. The van der Waals surface area contributed by atoms with Crippen LogP contribution in [0.3, 0.4) is 0 Å². The van der Waals surface area contributed by atoms with Gasteiger partial charge in [-0.05, 0) is 56.0 Å². The standard InChI is InChI=1S/C21H24FN3O4S/c1-14-6-5-7-15(2)20(14)24-19(26)13-23-21(27)16-8-9-17(22)18(12-16)30(28,29)25-10-3-4-11-25/h5-9,12H,3-4,10-11,13H2,1-2H3,(H,23,27)(H,24,26). The van der Waals surface area contributed by atoms with Crippen molar-refractivity contribution in [2.75, 3.05) is 25.0 Å². The Morgan fingerprint density at radius 3 is 2.33 bits per heavy atom. The molecular weight excluding hydrogens is 409 g/mol. The Morgan fingerprint density at radius 1 is 1.07 bits per heavy atom. The van der Waals surface area contributed by atoms with Crippen LogP contribution in [0.15, 0.2) is 41.3 Å². The van der Waals surface area contributed by atoms with Crippen LogP contribution >= 0.6 is 0 Å². The molecule has 7 nitrogen and oxygen atoms in total. The number of hydrogen-bond acceptors (Lipinski definition) is 4. The summed E-state index contributed by atoms with van der Waals surface area (Å²) in [6, 6.07) is 8.77. The first-order valence-corrected chi connectivity index (χ1v) is 11.1. The number of aryl methyl sites for hydroxylation is 2. The molecule has 1 aliphatic rings. The van der Waals surface area contributed by atoms with E-state index in [2.05, 4.69) is 10.6 Å². The quantitative estimate of drug-likeness (QED) is 0.732. The van der Waals surface area contributed by atoms with Crippen molar-refractivity contribution in [3.63, 3.8) is 0 Å². The number of nitrogens with zero attached hydrogens (tertiary/aromatic N) is 1. The fraction of sp³-hybridized carbons (Fsp3) is 0.333. The smallest absolute Gasteiger partial charge is 0.251 e. The Morgan fingerprint density at radius 2 is 1.70 bits per heavy atom. The van der Waals surface area contributed by atoms with Crippen LogP contribution in [0.2, 0.25) is 0 Å². The molecule has 0 atom stereocenters. The Hall–Kier alpha value is -2.78. The molecule has 0 saturated carbocycles. The Labute approximate surface area is 175 Å². The van der Waals surface area contributed by atoms with Crippen molar-refractivity contribution in [2.45, 2.75) is 31.6 Å². The number of rotatable bonds is 6. The summed E-state index contributed by atoms with van der Waals surface area (Å²) in [5.41, 5.74) is 2.43. The molecule has 30 heavy (non-hydrogen) atoms. The number of halogens is 1. The summed E-state index contributed by atoms with van der Waals surface area (Å²) in [5.74, 6) is -2.00. The maximum atomic E-state index is 14.2. The summed E-state index contributed by atoms with van der Waals surface area (Å²) in [6.45, 7) is 4.08. The van der Waals surface area contributed by atoms with E-state index in [0.717, 1.165) is 36.1 Å². The normalized spacial score (nSPS) is 14.5. The number of sulfonamides is 1. The lowest BCUT2D eigenvalue weighted by Gasteiger charge is -2.16. The number of amides is 2. The molecule has 1 aliphatic heterocycles. The molecule has 1 heterocycles. The summed E-state index contributed by atoms with van der Waals surface area (Å²) in [5, 5.41) is 5.19. The third-order valence-electron chi connectivity index (χ3n) is 5.03. The second kappa shape index (κ2) is 8.93. The van der Waals surface area contributed by atoms with E-state index in [1.807, 2.05) is 32.0 Å². The van der Waals surface area contributed by atoms with Crippen molar-refractivity contribution < 1.29 is 22.4 Å². The molecule has 0 spiro atoms. The zero-order chi connectivity index (χ0) is 21.9. The number of hydrogen-bond donors (Lipinski definition) is 2. The molecule has 0 aliphatic carbocycles. The number of carbonyl (C=O) groups is 2. The van der Waals surface area contributed by atoms with Gasteiger partial charge in [-0.3, -0.25) is 9.59 Å². The van der Waals surface area contributed by atoms with Gasteiger partial charge >= 0.3 is 0 Å². The third-order valence-corrected chi connectivity index (χ3v) is 6.94. The molecule has 1 fully saturated rings. The predicted molar refractivity (Wildman–Crippen MR) is 111 cm³/mol. The molecule has 0 radical (unpaired) electrons. The van der Waals surface area contributed by atoms with Crippen LogP contribution in [0, 0.1) is 19.7 Å². The monoisotopic (exact) mass is 433 g/mol. The molecular formula is C21H24FN3O4S. The molecule has 2 aromatic carbocycles. The fourth-order valence-corrected chi connectivity index (χ4v) is 4.98. The van der Waals surface area contributed by atoms with Crippen molar-refractivity contribution in [3.05, 3.63) is 58.9 Å². The summed E-state index contributed by atoms with van der Waals surface area (Å²) >= 11 is 0. The predicted octanol–water partition coefficient (Wildman–Crippen LogP) is 2.60. The van der Waals surface area contributed by atoms with E-state index in [-0.39, 0.29) is 12.1 Å². The number of para-hydroxylation sites is 1. The van der Waals surface area contributed by atoms with Crippen molar-refractivity contribution >= 4 is 27.5 Å². The second-order valence-electron chi connectivity index (χ2n) is 7.25. The molecule has 1 saturated heterocycles. The average Bonchev–Trinajstić information content (AvgIpc) is 3.25. The van der Waals surface area contributed by atoms with Crippen LogP contribution in [0.1, 0.15) is 34.3 Å². The first-order valence-electron chi connectivity index (χ1n) is 9.64. The first-order chi connectivity index (χ1) is 14.2. The van der Waals surface area contributed by atoms with Crippen molar-refractivity contribution in [1.82, 2.24) is 9.62 Å². The van der Waals surface area contributed by atoms with E-state index in [0.29, 0.717) is 18.8 Å². The van der Waals surface area contributed by atoms with Crippen LogP contribution in [-0.4, -0.2) is 44.2 Å². The van der Waals surface area contributed by atoms with Gasteiger partial charge < -0.3 is 10.6 Å². The summed E-state index contributed by atoms with van der Waals surface area (Å²) in [6.07, 6.45) is 1.44. The van der Waals surface area contributed by atoms with Crippen LogP contribution < -0.4 is 10.6 Å². The fourth-order valence-electron chi connectivity index (χ4n) is 3.37. The van der Waals surface area contributed by atoms with Crippen LogP contribution in [0.5, 0.6) is 0 Å². The van der Waals surface area contributed by atoms with Crippen LogP contribution in [-0.2, 0) is 14.8 Å². The van der Waals surface area contributed by atoms with Gasteiger partial charge in [-0.2, -0.15) is 4.31 Å². The van der Waals surface area contributed by atoms with E-state index in [4.69, 9.17) is 0 Å². The zero-order valence-corrected chi connectivity index (χ0v) is 17.7. The van der Waals surface area contributed by atoms with Crippen molar-refractivity contribution in [3.8, 4) is 0 Å². The van der Waals surface area contributed by atoms with Gasteiger partial charge in [-0.15, -0.1) is 0 Å². The van der Waals surface area contributed by atoms with Gasteiger partial charge in [0.05, 0.1) is 6.54 Å². The second-order valence-corrected chi connectivity index (χ2v) is 9.16. The number of carbonyl (C=O) groups excluding carboxylic acids is 2. The lowest BCUT2D eigenvalue weighted by atomic mass is 10.1. The highest BCUT2D eigenvalue weighted by Gasteiger charge is 2.30. The molecule has 0 unspecified atom stereocenters. The largest absolute Gasteiger partial charge is 0.343 e. The molecule has 0 aromatic heterocycles. The van der Waals surface area contributed by atoms with Crippen molar-refractivity contribution in [1.29, 1.82) is 0 Å². The lowest BCUT2D eigenvalue weighted by Crippen LogP contribution is -2.33. The van der Waals surface area contributed by atoms with Gasteiger partial charge in [0.1, 0.15) is 10.7 Å². The number of anilines is 1. The first kappa shape index (κ1) is 21.9. The van der Waals surface area contributed by atoms with E-state index in [9.17, 15) is 22.4 Å². The van der Waals surface area contributed by atoms with E-state index in [1.165, 1.54) is 10.4 Å². The van der Waals surface area contributed by atoms with Gasteiger partial charge in [-0.1, -0.05) is 18.2 Å². The Kier molecular flexibility index (Phi) is 6.52. The van der Waals surface area contributed by atoms with Crippen molar-refractivity contribution in [2.24, 2.45) is 0 Å². The van der Waals surface area contributed by atoms with Crippen LogP contribution in [0.25, 0.3) is 0 Å². The Balaban J connectivity index is 1.69. The van der Waals surface area contributed by atoms with Gasteiger partial charge in [0.15, 0.2) is 0 Å². The minimum Gasteiger partial charge on any atom is -0.343 e. The summed E-state index contributed by atoms with van der Waals surface area (Å²) in [4.78, 5) is 24.1. The SMILES string of the molecule is Cc1cccc(C)c1NC(=O)CNC(=O)c1ccc(F)c(S(=O)(=O)N2CCCC2)c1. The molecule has 2 amide bonds. The maximum Gasteiger partial charge on any atom is 0.251 e. The minimum absolute atomic E-state index is 0.0333. The van der Waals surface area contributed by atoms with E-state index >= 15 is 0 Å². The van der Waals surface area contributed by atoms with Gasteiger partial charge in [0.25, 0.3) is 5.91 Å². The minimum atomic E-state index is -4.01. The highest BCUT2D eigenvalue weighted by molar-refractivity contribution is 7.89. The Bertz CT molecular complexity index is 1060. The molecule has 3 rings (SSSR count). The van der Waals surface area contributed by atoms with E-state index in [1.54, 1.807) is 0 Å². The van der Waals surface area contributed by atoms with Gasteiger partial charge in [0, 0.05) is 24.3 Å². The third kappa shape index (κ3) is 4.68. The van der Waals surface area contributed by atoms with Gasteiger partial charge in [-0.25, -0.2) is 12.8 Å². The highest BCUT2D eigenvalue weighted by Crippen LogP contribution is 2.24. The van der Waals surface area contributed by atoms with Crippen LogP contribution in [0.4, 0.5) is 10.1 Å². The topological polar surface area (TPSA) is 95.6 Å². The summed E-state index contributed by atoms with van der Waals surface area (Å²) in [7, 11) is -4.01. The number of nitrogens with one attached hydrogen (secondary N) is 2. The molecule has 160 valence electrons. The molecule has 2 aromatic rings. The van der Waals surface area contributed by atoms with E-state index < -0.39 is 32.6 Å².